The predicted octanol–water partition coefficient (Wildman–Crippen LogP) is 3.85. The van der Waals surface area contributed by atoms with Gasteiger partial charge in [-0.15, -0.1) is 0 Å². The highest BCUT2D eigenvalue weighted by Crippen LogP contribution is 2.42. The number of rotatable bonds is 6. The molecule has 0 bridgehead atoms. The number of para-hydroxylation sites is 1. The molecule has 0 aliphatic rings. The first-order valence-corrected chi connectivity index (χ1v) is 10.9. The fourth-order valence-electron chi connectivity index (χ4n) is 3.71. The van der Waals surface area contributed by atoms with Gasteiger partial charge in [-0.1, -0.05) is 18.2 Å². The van der Waals surface area contributed by atoms with Gasteiger partial charge in [-0.25, -0.2) is 13.6 Å². The van der Waals surface area contributed by atoms with E-state index in [4.69, 9.17) is 19.3 Å². The highest BCUT2D eigenvalue weighted by Gasteiger charge is 2.21. The van der Waals surface area contributed by atoms with Gasteiger partial charge in [-0.2, -0.15) is 0 Å². The number of ether oxygens (including phenoxy) is 3. The quantitative estimate of drug-likeness (QED) is 0.506. The number of benzene rings is 3. The van der Waals surface area contributed by atoms with Crippen LogP contribution in [0.1, 0.15) is 6.92 Å². The molecule has 0 fully saturated rings. The Kier molecular flexibility index (Phi) is 5.05. The molecule has 0 saturated carbocycles. The highest BCUT2D eigenvalue weighted by atomic mass is 32.2. The van der Waals surface area contributed by atoms with Crippen molar-refractivity contribution in [3.05, 3.63) is 54.6 Å². The van der Waals surface area contributed by atoms with E-state index in [-0.39, 0.29) is 4.90 Å². The van der Waals surface area contributed by atoms with E-state index in [0.29, 0.717) is 29.5 Å². The molecule has 2 N–H and O–H groups in total. The molecule has 4 rings (SSSR count). The summed E-state index contributed by atoms with van der Waals surface area (Å²) in [4.78, 5) is 0.0588. The Balaban J connectivity index is 2.13. The van der Waals surface area contributed by atoms with Crippen LogP contribution in [-0.4, -0.2) is 33.8 Å². The Morgan fingerprint density at radius 3 is 2.13 bits per heavy atom. The molecular formula is C22H22N2O5S. The third-order valence-electron chi connectivity index (χ3n) is 4.96. The molecule has 0 amide bonds. The molecule has 0 aliphatic heterocycles. The van der Waals surface area contributed by atoms with Crippen molar-refractivity contribution in [2.75, 3.05) is 20.8 Å². The Labute approximate surface area is 174 Å². The SMILES string of the molecule is CCOc1cc(OC)c(-n2c3ccccc3c3cc(S(N)(=O)=O)ccc32)c(OC)c1. The number of methoxy groups -OCH3 is 2. The average molecular weight is 426 g/mol. The molecule has 7 nitrogen and oxygen atoms in total. The summed E-state index contributed by atoms with van der Waals surface area (Å²) in [6.07, 6.45) is 0. The largest absolute Gasteiger partial charge is 0.494 e. The van der Waals surface area contributed by atoms with Gasteiger partial charge in [0.15, 0.2) is 0 Å². The number of primary sulfonamides is 1. The molecule has 156 valence electrons. The zero-order valence-electron chi connectivity index (χ0n) is 16.9. The summed E-state index contributed by atoms with van der Waals surface area (Å²) >= 11 is 0. The Morgan fingerprint density at radius 2 is 1.53 bits per heavy atom. The van der Waals surface area contributed by atoms with Gasteiger partial charge >= 0.3 is 0 Å². The van der Waals surface area contributed by atoms with Crippen molar-refractivity contribution in [3.8, 4) is 22.9 Å². The van der Waals surface area contributed by atoms with Crippen LogP contribution in [0.3, 0.4) is 0 Å². The lowest BCUT2D eigenvalue weighted by atomic mass is 10.1. The molecule has 0 saturated heterocycles. The van der Waals surface area contributed by atoms with E-state index in [1.54, 1.807) is 38.5 Å². The monoisotopic (exact) mass is 426 g/mol. The van der Waals surface area contributed by atoms with Gasteiger partial charge in [0.2, 0.25) is 10.0 Å². The minimum Gasteiger partial charge on any atom is -0.494 e. The Morgan fingerprint density at radius 1 is 0.900 bits per heavy atom. The lowest BCUT2D eigenvalue weighted by Crippen LogP contribution is -2.11. The van der Waals surface area contributed by atoms with E-state index in [9.17, 15) is 8.42 Å². The van der Waals surface area contributed by atoms with Crippen molar-refractivity contribution < 1.29 is 22.6 Å². The second-order valence-corrected chi connectivity index (χ2v) is 8.25. The van der Waals surface area contributed by atoms with Crippen LogP contribution in [0.4, 0.5) is 0 Å². The maximum atomic E-state index is 11.9. The number of nitrogens with zero attached hydrogens (tertiary/aromatic N) is 1. The molecule has 0 spiro atoms. The first-order valence-electron chi connectivity index (χ1n) is 9.34. The minimum atomic E-state index is -3.83. The van der Waals surface area contributed by atoms with Crippen LogP contribution in [-0.2, 0) is 10.0 Å². The molecule has 1 aromatic heterocycles. The zero-order chi connectivity index (χ0) is 21.5. The fraction of sp³-hybridized carbons (Fsp3) is 0.182. The summed E-state index contributed by atoms with van der Waals surface area (Å²) in [7, 11) is -0.662. The molecule has 0 aliphatic carbocycles. The molecule has 3 aromatic carbocycles. The molecule has 0 radical (unpaired) electrons. The van der Waals surface area contributed by atoms with E-state index in [1.807, 2.05) is 35.8 Å². The fourth-order valence-corrected chi connectivity index (χ4v) is 4.25. The van der Waals surface area contributed by atoms with Crippen molar-refractivity contribution in [2.24, 2.45) is 5.14 Å². The third-order valence-corrected chi connectivity index (χ3v) is 5.87. The Hall–Kier alpha value is -3.23. The molecule has 0 atom stereocenters. The van der Waals surface area contributed by atoms with E-state index in [0.717, 1.165) is 21.8 Å². The first kappa shape index (κ1) is 20.1. The summed E-state index contributed by atoms with van der Waals surface area (Å²) in [5.41, 5.74) is 2.36. The van der Waals surface area contributed by atoms with E-state index < -0.39 is 10.0 Å². The average Bonchev–Trinajstić information content (AvgIpc) is 3.06. The van der Waals surface area contributed by atoms with E-state index in [2.05, 4.69) is 0 Å². The number of nitrogens with two attached hydrogens (primary N) is 1. The van der Waals surface area contributed by atoms with E-state index >= 15 is 0 Å². The number of hydrogen-bond acceptors (Lipinski definition) is 5. The van der Waals surface area contributed by atoms with E-state index in [1.165, 1.54) is 6.07 Å². The lowest BCUT2D eigenvalue weighted by Gasteiger charge is -2.18. The van der Waals surface area contributed by atoms with Crippen molar-refractivity contribution in [1.29, 1.82) is 0 Å². The van der Waals surface area contributed by atoms with Crippen LogP contribution in [0.2, 0.25) is 0 Å². The maximum Gasteiger partial charge on any atom is 0.238 e. The first-order chi connectivity index (χ1) is 14.4. The van der Waals surface area contributed by atoms with Crippen LogP contribution in [0.15, 0.2) is 59.5 Å². The lowest BCUT2D eigenvalue weighted by molar-refractivity contribution is 0.330. The standard InChI is InChI=1S/C22H22N2O5S/c1-4-29-14-11-20(27-2)22(21(12-14)28-3)24-18-8-6-5-7-16(18)17-13-15(30(23,25)26)9-10-19(17)24/h5-13H,4H2,1-3H3,(H2,23,25,26). The summed E-state index contributed by atoms with van der Waals surface area (Å²) in [5, 5.41) is 7.00. The number of aromatic nitrogens is 1. The predicted molar refractivity (Wildman–Crippen MR) is 116 cm³/mol. The number of fused-ring (bicyclic) bond motifs is 3. The van der Waals surface area contributed by atoms with Crippen molar-refractivity contribution in [2.45, 2.75) is 11.8 Å². The van der Waals surface area contributed by atoms with Crippen molar-refractivity contribution in [3.63, 3.8) is 0 Å². The van der Waals surface area contributed by atoms with Crippen LogP contribution in [0.5, 0.6) is 17.2 Å². The molecule has 0 unspecified atom stereocenters. The smallest absolute Gasteiger partial charge is 0.238 e. The molecular weight excluding hydrogens is 404 g/mol. The van der Waals surface area contributed by atoms with Crippen molar-refractivity contribution >= 4 is 31.8 Å². The second kappa shape index (κ2) is 7.55. The second-order valence-electron chi connectivity index (χ2n) is 6.69. The van der Waals surface area contributed by atoms with Crippen LogP contribution in [0.25, 0.3) is 27.5 Å². The maximum absolute atomic E-state index is 11.9. The highest BCUT2D eigenvalue weighted by molar-refractivity contribution is 7.89. The molecule has 30 heavy (non-hydrogen) atoms. The van der Waals surface area contributed by atoms with Gasteiger partial charge in [0.25, 0.3) is 0 Å². The van der Waals surface area contributed by atoms with Crippen LogP contribution < -0.4 is 19.3 Å². The van der Waals surface area contributed by atoms with Gasteiger partial charge in [0, 0.05) is 22.9 Å². The van der Waals surface area contributed by atoms with Crippen LogP contribution >= 0.6 is 0 Å². The Bertz CT molecular complexity index is 1330. The summed E-state index contributed by atoms with van der Waals surface area (Å²) in [5.74, 6) is 1.76. The van der Waals surface area contributed by atoms with Crippen LogP contribution in [0, 0.1) is 0 Å². The topological polar surface area (TPSA) is 92.8 Å². The molecule has 4 aromatic rings. The number of hydrogen-bond donors (Lipinski definition) is 1. The van der Waals surface area contributed by atoms with Gasteiger partial charge in [0.05, 0.1) is 36.8 Å². The van der Waals surface area contributed by atoms with Crippen molar-refractivity contribution in [1.82, 2.24) is 4.57 Å². The summed E-state index contributed by atoms with van der Waals surface area (Å²) in [6, 6.07) is 16.2. The summed E-state index contributed by atoms with van der Waals surface area (Å²) < 4.78 is 42.8. The van der Waals surface area contributed by atoms with Gasteiger partial charge < -0.3 is 18.8 Å². The summed E-state index contributed by atoms with van der Waals surface area (Å²) in [6.45, 7) is 2.42. The minimum absolute atomic E-state index is 0.0588. The van der Waals surface area contributed by atoms with Gasteiger partial charge in [-0.3, -0.25) is 0 Å². The normalized spacial score (nSPS) is 11.7. The molecule has 8 heteroatoms. The molecule has 1 heterocycles. The third kappa shape index (κ3) is 3.24. The number of sulfonamides is 1. The zero-order valence-corrected chi connectivity index (χ0v) is 17.7. The van der Waals surface area contributed by atoms with Gasteiger partial charge in [0.1, 0.15) is 22.9 Å². The van der Waals surface area contributed by atoms with Gasteiger partial charge in [-0.05, 0) is 31.2 Å².